The second-order valence-corrected chi connectivity index (χ2v) is 6.26. The molecule has 2 rings (SSSR count). The Kier molecular flexibility index (Phi) is 7.48. The number of nitrogens with one attached hydrogen (secondary N) is 1. The van der Waals surface area contributed by atoms with Gasteiger partial charge in [0.05, 0.1) is 0 Å². The van der Waals surface area contributed by atoms with Crippen LogP contribution in [0.4, 0.5) is 14.5 Å². The number of hydrogen-bond donors (Lipinski definition) is 1. The van der Waals surface area contributed by atoms with Gasteiger partial charge in [-0.05, 0) is 54.5 Å². The number of alkyl halides is 2. The quantitative estimate of drug-likeness (QED) is 0.507. The fraction of sp³-hybridized carbons (Fsp3) is 0.158. The Hall–Kier alpha value is -2.74. The second-order valence-electron chi connectivity index (χ2n) is 5.40. The van der Waals surface area contributed by atoms with Crippen LogP contribution in [0.3, 0.4) is 0 Å². The zero-order valence-corrected chi connectivity index (χ0v) is 15.8. The van der Waals surface area contributed by atoms with Crippen molar-refractivity contribution >= 4 is 39.6 Å². The van der Waals surface area contributed by atoms with Gasteiger partial charge in [-0.15, -0.1) is 0 Å². The lowest BCUT2D eigenvalue weighted by molar-refractivity contribution is -0.142. The topological polar surface area (TPSA) is 64.6 Å². The van der Waals surface area contributed by atoms with Crippen LogP contribution in [0.2, 0.25) is 0 Å². The lowest BCUT2D eigenvalue weighted by atomic mass is 10.2. The number of amides is 1. The minimum Gasteiger partial charge on any atom is -0.452 e. The number of esters is 1. The molecule has 0 radical (unpaired) electrons. The molecule has 0 bridgehead atoms. The summed E-state index contributed by atoms with van der Waals surface area (Å²) < 4.78 is 34.1. The van der Waals surface area contributed by atoms with E-state index in [0.717, 1.165) is 16.1 Å². The van der Waals surface area contributed by atoms with E-state index in [1.807, 2.05) is 6.92 Å². The van der Waals surface area contributed by atoms with Gasteiger partial charge in [0.15, 0.2) is 6.61 Å². The van der Waals surface area contributed by atoms with Crippen LogP contribution in [0.5, 0.6) is 5.75 Å². The van der Waals surface area contributed by atoms with Gasteiger partial charge in [-0.25, -0.2) is 4.79 Å². The van der Waals surface area contributed by atoms with Crippen LogP contribution in [0.25, 0.3) is 6.08 Å². The first kappa shape index (κ1) is 20.6. The van der Waals surface area contributed by atoms with E-state index in [1.165, 1.54) is 30.3 Å². The van der Waals surface area contributed by atoms with Crippen LogP contribution >= 0.6 is 15.9 Å². The predicted octanol–water partition coefficient (Wildman–Crippen LogP) is 4.55. The Morgan fingerprint density at radius 3 is 2.52 bits per heavy atom. The number of anilines is 1. The van der Waals surface area contributed by atoms with Crippen LogP contribution < -0.4 is 10.1 Å². The summed E-state index contributed by atoms with van der Waals surface area (Å²) in [5, 5.41) is 2.62. The van der Waals surface area contributed by atoms with Crippen molar-refractivity contribution in [2.24, 2.45) is 0 Å². The van der Waals surface area contributed by atoms with E-state index < -0.39 is 25.1 Å². The molecule has 8 heteroatoms. The number of ether oxygens (including phenoxy) is 2. The highest BCUT2D eigenvalue weighted by Gasteiger charge is 2.07. The van der Waals surface area contributed by atoms with E-state index in [4.69, 9.17) is 4.74 Å². The van der Waals surface area contributed by atoms with Gasteiger partial charge < -0.3 is 14.8 Å². The largest absolute Gasteiger partial charge is 0.452 e. The van der Waals surface area contributed by atoms with Crippen molar-refractivity contribution in [3.8, 4) is 5.75 Å². The molecule has 27 heavy (non-hydrogen) atoms. The van der Waals surface area contributed by atoms with E-state index in [-0.39, 0.29) is 5.75 Å². The second kappa shape index (κ2) is 9.82. The highest BCUT2D eigenvalue weighted by Crippen LogP contribution is 2.20. The minimum atomic E-state index is -2.89. The first-order valence-electron chi connectivity index (χ1n) is 7.79. The number of carbonyl (C=O) groups is 2. The Bertz CT molecular complexity index is 838. The zero-order valence-electron chi connectivity index (χ0n) is 14.2. The summed E-state index contributed by atoms with van der Waals surface area (Å²) in [7, 11) is 0. The summed E-state index contributed by atoms with van der Waals surface area (Å²) in [5.74, 6) is -1.15. The van der Waals surface area contributed by atoms with Gasteiger partial charge in [0.25, 0.3) is 5.91 Å². The van der Waals surface area contributed by atoms with Crippen LogP contribution in [-0.4, -0.2) is 25.1 Å². The smallest absolute Gasteiger partial charge is 0.387 e. The normalized spacial score (nSPS) is 10.9. The van der Waals surface area contributed by atoms with Gasteiger partial charge in [-0.1, -0.05) is 28.1 Å². The molecule has 5 nitrogen and oxygen atoms in total. The van der Waals surface area contributed by atoms with E-state index in [9.17, 15) is 18.4 Å². The van der Waals surface area contributed by atoms with Crippen LogP contribution in [0.1, 0.15) is 11.1 Å². The molecule has 0 spiro atoms. The molecule has 1 N–H and O–H groups in total. The molecule has 0 aliphatic rings. The summed E-state index contributed by atoms with van der Waals surface area (Å²) in [5.41, 5.74) is 2.14. The molecule has 2 aromatic carbocycles. The number of hydrogen-bond acceptors (Lipinski definition) is 4. The Morgan fingerprint density at radius 1 is 1.19 bits per heavy atom. The maximum atomic E-state index is 12.1. The van der Waals surface area contributed by atoms with Gasteiger partial charge in [0.1, 0.15) is 5.75 Å². The highest BCUT2D eigenvalue weighted by atomic mass is 79.9. The number of halogens is 3. The number of rotatable bonds is 7. The van der Waals surface area contributed by atoms with Gasteiger partial charge in [0, 0.05) is 16.2 Å². The SMILES string of the molecule is Cc1cc(NC(=O)COC(=O)/C=C/c2ccc(OC(F)F)cc2)ccc1Br. The van der Waals surface area contributed by atoms with E-state index in [2.05, 4.69) is 26.0 Å². The van der Waals surface area contributed by atoms with E-state index in [1.54, 1.807) is 18.2 Å². The Balaban J connectivity index is 1.80. The lowest BCUT2D eigenvalue weighted by Crippen LogP contribution is -2.20. The van der Waals surface area contributed by atoms with Crippen LogP contribution in [-0.2, 0) is 14.3 Å². The van der Waals surface area contributed by atoms with Gasteiger partial charge in [-0.2, -0.15) is 8.78 Å². The van der Waals surface area contributed by atoms with Gasteiger partial charge in [0.2, 0.25) is 0 Å². The number of benzene rings is 2. The minimum absolute atomic E-state index is 0.0181. The molecule has 0 aliphatic carbocycles. The molecule has 0 aliphatic heterocycles. The number of aryl methyl sites for hydroxylation is 1. The third-order valence-corrected chi connectivity index (χ3v) is 4.19. The fourth-order valence-corrected chi connectivity index (χ4v) is 2.28. The summed E-state index contributed by atoms with van der Waals surface area (Å²) >= 11 is 3.37. The summed E-state index contributed by atoms with van der Waals surface area (Å²) in [6.07, 6.45) is 2.57. The molecule has 0 fully saturated rings. The van der Waals surface area contributed by atoms with E-state index in [0.29, 0.717) is 11.3 Å². The molecule has 2 aromatic rings. The third-order valence-electron chi connectivity index (χ3n) is 3.30. The van der Waals surface area contributed by atoms with Crippen molar-refractivity contribution in [1.29, 1.82) is 0 Å². The van der Waals surface area contributed by atoms with E-state index >= 15 is 0 Å². The summed E-state index contributed by atoms with van der Waals surface area (Å²) in [4.78, 5) is 23.5. The van der Waals surface area contributed by atoms with Crippen molar-refractivity contribution < 1.29 is 27.8 Å². The first-order chi connectivity index (χ1) is 12.8. The molecule has 0 saturated carbocycles. The van der Waals surface area contributed by atoms with Crippen molar-refractivity contribution in [2.45, 2.75) is 13.5 Å². The molecule has 0 saturated heterocycles. The fourth-order valence-electron chi connectivity index (χ4n) is 2.03. The molecule has 142 valence electrons. The zero-order chi connectivity index (χ0) is 19.8. The van der Waals surface area contributed by atoms with Gasteiger partial charge >= 0.3 is 12.6 Å². The molecule has 0 aromatic heterocycles. The average Bonchev–Trinajstić information content (AvgIpc) is 2.62. The maximum Gasteiger partial charge on any atom is 0.387 e. The lowest BCUT2D eigenvalue weighted by Gasteiger charge is -2.07. The van der Waals surface area contributed by atoms with Crippen molar-refractivity contribution in [1.82, 2.24) is 0 Å². The van der Waals surface area contributed by atoms with Crippen LogP contribution in [0.15, 0.2) is 53.0 Å². The highest BCUT2D eigenvalue weighted by molar-refractivity contribution is 9.10. The molecule has 1 amide bonds. The molecule has 0 atom stereocenters. The van der Waals surface area contributed by atoms with Crippen LogP contribution in [0, 0.1) is 6.92 Å². The maximum absolute atomic E-state index is 12.1. The predicted molar refractivity (Wildman–Crippen MR) is 101 cm³/mol. The molecule has 0 unspecified atom stereocenters. The Morgan fingerprint density at radius 2 is 1.89 bits per heavy atom. The first-order valence-corrected chi connectivity index (χ1v) is 8.58. The van der Waals surface area contributed by atoms with Crippen molar-refractivity contribution in [3.05, 3.63) is 64.1 Å². The average molecular weight is 440 g/mol. The number of carbonyl (C=O) groups excluding carboxylic acids is 2. The standard InChI is InChI=1S/C19H16BrF2NO4/c1-12-10-14(5-8-16(12)20)23-17(24)11-26-18(25)9-4-13-2-6-15(7-3-13)27-19(21)22/h2-10,19H,11H2,1H3,(H,23,24)/b9-4+. The summed E-state index contributed by atoms with van der Waals surface area (Å²) in [6, 6.07) is 11.0. The molecular weight excluding hydrogens is 424 g/mol. The monoisotopic (exact) mass is 439 g/mol. The third kappa shape index (κ3) is 7.18. The van der Waals surface area contributed by atoms with Crippen molar-refractivity contribution in [3.63, 3.8) is 0 Å². The summed E-state index contributed by atoms with van der Waals surface area (Å²) in [6.45, 7) is -1.44. The molecular formula is C19H16BrF2NO4. The van der Waals surface area contributed by atoms with Gasteiger partial charge in [-0.3, -0.25) is 4.79 Å². The molecule has 0 heterocycles. The van der Waals surface area contributed by atoms with Crippen molar-refractivity contribution in [2.75, 3.05) is 11.9 Å². The Labute approximate surface area is 163 Å².